The van der Waals surface area contributed by atoms with Gasteiger partial charge < -0.3 is 25.3 Å². The first-order valence-electron chi connectivity index (χ1n) is 14.8. The molecular formula is C34H39N5O4. The molecule has 4 aromatic rings. The largest absolute Gasteiger partial charge is 0.444 e. The fourth-order valence-corrected chi connectivity index (χ4v) is 5.61. The molecule has 9 nitrogen and oxygen atoms in total. The van der Waals surface area contributed by atoms with E-state index in [1.807, 2.05) is 79.0 Å². The lowest BCUT2D eigenvalue weighted by atomic mass is 10.0. The number of rotatable bonds is 9. The maximum atomic E-state index is 14.1. The van der Waals surface area contributed by atoms with E-state index in [-0.39, 0.29) is 24.3 Å². The van der Waals surface area contributed by atoms with Gasteiger partial charge in [-0.05, 0) is 62.9 Å². The molecule has 3 heterocycles. The predicted octanol–water partition coefficient (Wildman–Crippen LogP) is 5.09. The number of benzene rings is 2. The molecule has 3 N–H and O–H groups in total. The minimum atomic E-state index is -0.916. The molecule has 0 saturated carbocycles. The van der Waals surface area contributed by atoms with Crippen molar-refractivity contribution in [1.82, 2.24) is 25.5 Å². The lowest BCUT2D eigenvalue weighted by molar-refractivity contribution is -0.140. The number of carbonyl (C=O) groups excluding carboxylic acids is 3. The second-order valence-electron chi connectivity index (χ2n) is 11.9. The van der Waals surface area contributed by atoms with Crippen molar-refractivity contribution in [3.8, 4) is 0 Å². The first-order chi connectivity index (χ1) is 20.7. The van der Waals surface area contributed by atoms with Crippen LogP contribution in [-0.4, -0.2) is 57.0 Å². The van der Waals surface area contributed by atoms with Gasteiger partial charge in [0, 0.05) is 48.4 Å². The van der Waals surface area contributed by atoms with E-state index >= 15 is 0 Å². The third-order valence-electron chi connectivity index (χ3n) is 7.58. The molecule has 2 unspecified atom stereocenters. The first kappa shape index (κ1) is 29.8. The lowest BCUT2D eigenvalue weighted by Crippen LogP contribution is -2.55. The summed E-state index contributed by atoms with van der Waals surface area (Å²) in [7, 11) is 0. The van der Waals surface area contributed by atoms with Gasteiger partial charge in [0.2, 0.25) is 11.8 Å². The van der Waals surface area contributed by atoms with E-state index in [4.69, 9.17) is 4.74 Å². The van der Waals surface area contributed by atoms with Gasteiger partial charge in [-0.2, -0.15) is 0 Å². The number of nitrogens with one attached hydrogen (secondary N) is 3. The highest BCUT2D eigenvalue weighted by atomic mass is 16.6. The van der Waals surface area contributed by atoms with Gasteiger partial charge >= 0.3 is 6.09 Å². The van der Waals surface area contributed by atoms with Crippen molar-refractivity contribution in [3.05, 3.63) is 102 Å². The van der Waals surface area contributed by atoms with Crippen LogP contribution in [0.1, 0.15) is 56.5 Å². The van der Waals surface area contributed by atoms with Crippen molar-refractivity contribution in [3.63, 3.8) is 0 Å². The minimum Gasteiger partial charge on any atom is -0.444 e. The maximum Gasteiger partial charge on any atom is 0.408 e. The van der Waals surface area contributed by atoms with Crippen molar-refractivity contribution in [2.75, 3.05) is 6.54 Å². The zero-order valence-corrected chi connectivity index (χ0v) is 24.9. The van der Waals surface area contributed by atoms with Crippen LogP contribution >= 0.6 is 0 Å². The summed E-state index contributed by atoms with van der Waals surface area (Å²) in [6.07, 6.45) is 4.91. The molecule has 0 radical (unpaired) electrons. The van der Waals surface area contributed by atoms with E-state index in [2.05, 4.69) is 20.6 Å². The van der Waals surface area contributed by atoms with Crippen LogP contribution in [0.2, 0.25) is 0 Å². The van der Waals surface area contributed by atoms with E-state index in [9.17, 15) is 14.4 Å². The molecular weight excluding hydrogens is 542 g/mol. The maximum absolute atomic E-state index is 14.1. The molecule has 2 aromatic carbocycles. The average molecular weight is 582 g/mol. The van der Waals surface area contributed by atoms with Gasteiger partial charge in [-0.15, -0.1) is 0 Å². The van der Waals surface area contributed by atoms with Crippen molar-refractivity contribution in [1.29, 1.82) is 0 Å². The number of likely N-dealkylation sites (tertiary alicyclic amines) is 1. The number of hydrogen-bond acceptors (Lipinski definition) is 5. The number of carbonyl (C=O) groups is 3. The Hall–Kier alpha value is -4.66. The number of alkyl carbamates (subject to hydrolysis) is 1. The molecule has 1 saturated heterocycles. The molecule has 5 rings (SSSR count). The fraction of sp³-hybridized carbons (Fsp3) is 0.353. The summed E-state index contributed by atoms with van der Waals surface area (Å²) in [6.45, 7) is 5.75. The van der Waals surface area contributed by atoms with Crippen LogP contribution in [0.4, 0.5) is 4.79 Å². The summed E-state index contributed by atoms with van der Waals surface area (Å²) in [5, 5.41) is 6.98. The molecule has 1 fully saturated rings. The zero-order chi connectivity index (χ0) is 30.4. The van der Waals surface area contributed by atoms with E-state index in [1.54, 1.807) is 31.9 Å². The molecule has 3 atom stereocenters. The molecule has 43 heavy (non-hydrogen) atoms. The Kier molecular flexibility index (Phi) is 9.09. The highest BCUT2D eigenvalue weighted by molar-refractivity contribution is 5.93. The fourth-order valence-electron chi connectivity index (χ4n) is 5.61. The van der Waals surface area contributed by atoms with Crippen LogP contribution in [-0.2, 0) is 27.2 Å². The number of pyridine rings is 1. The smallest absolute Gasteiger partial charge is 0.408 e. The summed E-state index contributed by atoms with van der Waals surface area (Å²) in [5.41, 5.74) is 2.93. The molecule has 2 aromatic heterocycles. The van der Waals surface area contributed by atoms with E-state index in [1.165, 1.54) is 0 Å². The van der Waals surface area contributed by atoms with Crippen LogP contribution in [0, 0.1) is 0 Å². The highest BCUT2D eigenvalue weighted by Gasteiger charge is 2.39. The topological polar surface area (TPSA) is 116 Å². The Morgan fingerprint density at radius 3 is 2.47 bits per heavy atom. The molecule has 3 amide bonds. The second kappa shape index (κ2) is 13.1. The third-order valence-corrected chi connectivity index (χ3v) is 7.58. The SMILES string of the molecule is CC(C)(C)OC(=O)NC(Cc1c[nH]c2ccccc12)C(=O)N1CCC[C@H]1C(=O)NC(Cc1ccccn1)c1ccccc1. The number of amides is 3. The van der Waals surface area contributed by atoms with Crippen LogP contribution < -0.4 is 10.6 Å². The number of nitrogens with zero attached hydrogens (tertiary/aromatic N) is 2. The second-order valence-corrected chi connectivity index (χ2v) is 11.9. The number of aromatic nitrogens is 2. The van der Waals surface area contributed by atoms with E-state index in [0.29, 0.717) is 25.8 Å². The standard InChI is InChI=1S/C34H39N5O4/c1-34(2,3)43-33(42)38-29(20-24-22-36-27-16-8-7-15-26(24)27)32(41)39-19-11-17-30(39)31(40)37-28(23-12-5-4-6-13-23)21-25-14-9-10-18-35-25/h4-10,12-16,18,22,28-30,36H,11,17,19-21H2,1-3H3,(H,37,40)(H,38,42)/t28?,29?,30-/m0/s1. The monoisotopic (exact) mass is 581 g/mol. The van der Waals surface area contributed by atoms with E-state index < -0.39 is 23.8 Å². The Morgan fingerprint density at radius 1 is 0.977 bits per heavy atom. The number of hydrogen-bond donors (Lipinski definition) is 3. The van der Waals surface area contributed by atoms with E-state index in [0.717, 1.165) is 27.7 Å². The molecule has 1 aliphatic heterocycles. The third kappa shape index (κ3) is 7.60. The Labute approximate surface area is 252 Å². The van der Waals surface area contributed by atoms with Gasteiger partial charge in [-0.25, -0.2) is 4.79 Å². The van der Waals surface area contributed by atoms with Crippen molar-refractivity contribution < 1.29 is 19.1 Å². The molecule has 224 valence electrons. The summed E-state index contributed by atoms with van der Waals surface area (Å²) >= 11 is 0. The summed E-state index contributed by atoms with van der Waals surface area (Å²) < 4.78 is 5.51. The van der Waals surface area contributed by atoms with Crippen LogP contribution in [0.5, 0.6) is 0 Å². The van der Waals surface area contributed by atoms with Crippen molar-refractivity contribution in [2.45, 2.75) is 70.2 Å². The lowest BCUT2D eigenvalue weighted by Gasteiger charge is -2.30. The number of para-hydroxylation sites is 1. The summed E-state index contributed by atoms with van der Waals surface area (Å²) in [4.78, 5) is 50.1. The van der Waals surface area contributed by atoms with Gasteiger partial charge in [0.15, 0.2) is 0 Å². The average Bonchev–Trinajstić information content (AvgIpc) is 3.64. The van der Waals surface area contributed by atoms with Gasteiger partial charge in [0.1, 0.15) is 17.7 Å². The van der Waals surface area contributed by atoms with Crippen molar-refractivity contribution >= 4 is 28.8 Å². The molecule has 0 aliphatic carbocycles. The Bertz CT molecular complexity index is 1550. The summed E-state index contributed by atoms with van der Waals surface area (Å²) in [6, 6.07) is 21.4. The number of aromatic amines is 1. The number of ether oxygens (including phenoxy) is 1. The van der Waals surface area contributed by atoms with Crippen LogP contribution in [0.3, 0.4) is 0 Å². The molecule has 0 spiro atoms. The first-order valence-corrected chi connectivity index (χ1v) is 14.8. The zero-order valence-electron chi connectivity index (χ0n) is 24.9. The van der Waals surface area contributed by atoms with Gasteiger partial charge in [0.25, 0.3) is 0 Å². The molecule has 1 aliphatic rings. The van der Waals surface area contributed by atoms with Gasteiger partial charge in [0.05, 0.1) is 6.04 Å². The number of H-pyrrole nitrogens is 1. The van der Waals surface area contributed by atoms with Crippen LogP contribution in [0.15, 0.2) is 85.2 Å². The van der Waals surface area contributed by atoms with Gasteiger partial charge in [-0.1, -0.05) is 54.6 Å². The minimum absolute atomic E-state index is 0.223. The Morgan fingerprint density at radius 2 is 1.72 bits per heavy atom. The quantitative estimate of drug-likeness (QED) is 0.255. The van der Waals surface area contributed by atoms with Crippen LogP contribution in [0.25, 0.3) is 10.9 Å². The number of fused-ring (bicyclic) bond motifs is 1. The Balaban J connectivity index is 1.36. The predicted molar refractivity (Wildman–Crippen MR) is 165 cm³/mol. The van der Waals surface area contributed by atoms with Gasteiger partial charge in [-0.3, -0.25) is 14.6 Å². The molecule has 9 heteroatoms. The van der Waals surface area contributed by atoms with Crippen molar-refractivity contribution in [2.24, 2.45) is 0 Å². The normalized spacial score (nSPS) is 16.4. The highest BCUT2D eigenvalue weighted by Crippen LogP contribution is 2.25. The molecule has 0 bridgehead atoms. The summed E-state index contributed by atoms with van der Waals surface area (Å²) in [5.74, 6) is -0.534.